The van der Waals surface area contributed by atoms with Gasteiger partial charge in [0.25, 0.3) is 0 Å². The lowest BCUT2D eigenvalue weighted by molar-refractivity contribution is -0.146. The highest BCUT2D eigenvalue weighted by atomic mass is 19.4. The summed E-state index contributed by atoms with van der Waals surface area (Å²) in [5.74, 6) is 0.861. The average molecular weight is 235 g/mol. The molecule has 0 aromatic heterocycles. The van der Waals surface area contributed by atoms with Crippen LogP contribution >= 0.6 is 0 Å². The molecule has 2 unspecified atom stereocenters. The van der Waals surface area contributed by atoms with Gasteiger partial charge in [-0.2, -0.15) is 13.2 Å². The summed E-state index contributed by atoms with van der Waals surface area (Å²) in [4.78, 5) is 1.48. The Morgan fingerprint density at radius 3 is 2.62 bits per heavy atom. The van der Waals surface area contributed by atoms with Crippen LogP contribution in [-0.4, -0.2) is 30.7 Å². The second-order valence-corrected chi connectivity index (χ2v) is 4.75. The highest BCUT2D eigenvalue weighted by molar-refractivity contribution is 4.93. The van der Waals surface area contributed by atoms with E-state index in [4.69, 9.17) is 0 Å². The number of rotatable bonds is 2. The van der Waals surface area contributed by atoms with E-state index < -0.39 is 12.7 Å². The van der Waals surface area contributed by atoms with Crippen LogP contribution in [0.15, 0.2) is 12.2 Å². The Balaban J connectivity index is 2.56. The molecule has 16 heavy (non-hydrogen) atoms. The number of allylic oxidation sites excluding steroid dienone is 1. The number of hydrogen-bond acceptors (Lipinski definition) is 1. The predicted octanol–water partition coefficient (Wildman–Crippen LogP) is 3.47. The van der Waals surface area contributed by atoms with Crippen molar-refractivity contribution in [1.29, 1.82) is 0 Å². The van der Waals surface area contributed by atoms with Crippen molar-refractivity contribution in [3.63, 3.8) is 0 Å². The van der Waals surface area contributed by atoms with Gasteiger partial charge >= 0.3 is 6.18 Å². The minimum atomic E-state index is -4.09. The summed E-state index contributed by atoms with van der Waals surface area (Å²) < 4.78 is 36.8. The number of hydrogen-bond donors (Lipinski definition) is 0. The van der Waals surface area contributed by atoms with E-state index in [2.05, 4.69) is 13.0 Å². The second kappa shape index (κ2) is 5.71. The van der Waals surface area contributed by atoms with E-state index in [0.717, 1.165) is 12.8 Å². The van der Waals surface area contributed by atoms with Crippen LogP contribution < -0.4 is 0 Å². The summed E-state index contributed by atoms with van der Waals surface area (Å²) in [6.45, 7) is 4.32. The Morgan fingerprint density at radius 2 is 2.06 bits per heavy atom. The van der Waals surface area contributed by atoms with Gasteiger partial charge in [-0.25, -0.2) is 0 Å². The lowest BCUT2D eigenvalue weighted by atomic mass is 9.91. The standard InChI is InChI=1S/C12H20F3N/c1-3-11-5-4-6-16(8-10(2)7-11)9-12(13,14)15/h4-5,10-11H,3,6-9H2,1-2H3/b5-4-. The summed E-state index contributed by atoms with van der Waals surface area (Å²) in [6.07, 6.45) is 1.92. The molecule has 0 fully saturated rings. The van der Waals surface area contributed by atoms with Gasteiger partial charge < -0.3 is 0 Å². The van der Waals surface area contributed by atoms with Gasteiger partial charge in [-0.05, 0) is 24.7 Å². The van der Waals surface area contributed by atoms with Gasteiger partial charge in [-0.3, -0.25) is 4.90 Å². The third kappa shape index (κ3) is 5.01. The first-order valence-corrected chi connectivity index (χ1v) is 5.86. The zero-order valence-corrected chi connectivity index (χ0v) is 9.93. The summed E-state index contributed by atoms with van der Waals surface area (Å²) in [7, 11) is 0. The number of nitrogens with zero attached hydrogens (tertiary/aromatic N) is 1. The molecule has 0 aromatic carbocycles. The molecule has 4 heteroatoms. The van der Waals surface area contributed by atoms with Gasteiger partial charge in [-0.1, -0.05) is 26.0 Å². The number of halogens is 3. The van der Waals surface area contributed by atoms with E-state index in [1.54, 1.807) is 0 Å². The van der Waals surface area contributed by atoms with Crippen molar-refractivity contribution < 1.29 is 13.2 Å². The van der Waals surface area contributed by atoms with Crippen molar-refractivity contribution in [1.82, 2.24) is 4.90 Å². The van der Waals surface area contributed by atoms with Crippen LogP contribution in [0, 0.1) is 11.8 Å². The Labute approximate surface area is 95.3 Å². The molecule has 1 aliphatic rings. The Kier molecular flexibility index (Phi) is 4.84. The van der Waals surface area contributed by atoms with Crippen LogP contribution in [0.4, 0.5) is 13.2 Å². The summed E-state index contributed by atoms with van der Waals surface area (Å²) >= 11 is 0. The molecule has 0 radical (unpaired) electrons. The van der Waals surface area contributed by atoms with Crippen LogP contribution in [-0.2, 0) is 0 Å². The molecule has 0 saturated heterocycles. The molecule has 0 aromatic rings. The molecule has 0 saturated carbocycles. The Bertz CT molecular complexity index is 235. The molecule has 1 heterocycles. The second-order valence-electron chi connectivity index (χ2n) is 4.75. The van der Waals surface area contributed by atoms with Crippen molar-refractivity contribution in [2.45, 2.75) is 32.9 Å². The molecule has 0 amide bonds. The van der Waals surface area contributed by atoms with E-state index in [9.17, 15) is 13.2 Å². The lowest BCUT2D eigenvalue weighted by Gasteiger charge is -2.29. The highest BCUT2D eigenvalue weighted by Gasteiger charge is 2.31. The van der Waals surface area contributed by atoms with Crippen LogP contribution in [0.3, 0.4) is 0 Å². The van der Waals surface area contributed by atoms with Gasteiger partial charge in [0.15, 0.2) is 0 Å². The maximum Gasteiger partial charge on any atom is 0.401 e. The first-order chi connectivity index (χ1) is 7.40. The van der Waals surface area contributed by atoms with Crippen molar-refractivity contribution in [3.05, 3.63) is 12.2 Å². The van der Waals surface area contributed by atoms with E-state index in [0.29, 0.717) is 24.9 Å². The largest absolute Gasteiger partial charge is 0.401 e. The SMILES string of the molecule is CCC1/C=C\CN(CC(F)(F)F)CC(C)C1. The van der Waals surface area contributed by atoms with Crippen LogP contribution in [0.5, 0.6) is 0 Å². The van der Waals surface area contributed by atoms with Crippen molar-refractivity contribution in [2.75, 3.05) is 19.6 Å². The number of alkyl halides is 3. The maximum atomic E-state index is 12.3. The molecule has 0 aliphatic carbocycles. The maximum absolute atomic E-state index is 12.3. The van der Waals surface area contributed by atoms with Crippen LogP contribution in [0.25, 0.3) is 0 Å². The molecular formula is C12H20F3N. The Morgan fingerprint density at radius 1 is 1.38 bits per heavy atom. The van der Waals surface area contributed by atoms with E-state index >= 15 is 0 Å². The lowest BCUT2D eigenvalue weighted by Crippen LogP contribution is -2.38. The molecule has 1 rings (SSSR count). The van der Waals surface area contributed by atoms with Gasteiger partial charge in [0, 0.05) is 13.1 Å². The molecular weight excluding hydrogens is 215 g/mol. The monoisotopic (exact) mass is 235 g/mol. The molecule has 1 nitrogen and oxygen atoms in total. The topological polar surface area (TPSA) is 3.24 Å². The van der Waals surface area contributed by atoms with Crippen LogP contribution in [0.2, 0.25) is 0 Å². The van der Waals surface area contributed by atoms with Gasteiger partial charge in [0.2, 0.25) is 0 Å². The molecule has 0 spiro atoms. The minimum absolute atomic E-state index is 0.331. The third-order valence-corrected chi connectivity index (χ3v) is 2.97. The normalized spacial score (nSPS) is 30.8. The quantitative estimate of drug-likeness (QED) is 0.662. The minimum Gasteiger partial charge on any atom is -0.291 e. The molecule has 2 atom stereocenters. The zero-order valence-electron chi connectivity index (χ0n) is 9.93. The predicted molar refractivity (Wildman–Crippen MR) is 59.2 cm³/mol. The van der Waals surface area contributed by atoms with Gasteiger partial charge in [0.1, 0.15) is 0 Å². The fourth-order valence-electron chi connectivity index (χ4n) is 2.27. The fraction of sp³-hybridized carbons (Fsp3) is 0.833. The fourth-order valence-corrected chi connectivity index (χ4v) is 2.27. The Hall–Kier alpha value is -0.510. The van der Waals surface area contributed by atoms with Crippen molar-refractivity contribution >= 4 is 0 Å². The van der Waals surface area contributed by atoms with E-state index in [-0.39, 0.29) is 0 Å². The zero-order chi connectivity index (χ0) is 12.2. The first kappa shape index (κ1) is 13.6. The molecule has 0 N–H and O–H groups in total. The van der Waals surface area contributed by atoms with E-state index in [1.807, 2.05) is 13.0 Å². The van der Waals surface area contributed by atoms with Gasteiger partial charge in [0.05, 0.1) is 6.54 Å². The van der Waals surface area contributed by atoms with E-state index in [1.165, 1.54) is 4.90 Å². The highest BCUT2D eigenvalue weighted by Crippen LogP contribution is 2.23. The average Bonchev–Trinajstić information content (AvgIpc) is 2.10. The molecule has 1 aliphatic heterocycles. The van der Waals surface area contributed by atoms with Crippen LogP contribution in [0.1, 0.15) is 26.7 Å². The van der Waals surface area contributed by atoms with Crippen molar-refractivity contribution in [2.24, 2.45) is 11.8 Å². The molecule has 94 valence electrons. The smallest absolute Gasteiger partial charge is 0.291 e. The van der Waals surface area contributed by atoms with Crippen molar-refractivity contribution in [3.8, 4) is 0 Å². The molecule has 0 bridgehead atoms. The van der Waals surface area contributed by atoms with Gasteiger partial charge in [-0.15, -0.1) is 0 Å². The summed E-state index contributed by atoms with van der Waals surface area (Å²) in [6, 6.07) is 0. The third-order valence-electron chi connectivity index (χ3n) is 2.97. The first-order valence-electron chi connectivity index (χ1n) is 5.86. The summed E-state index contributed by atoms with van der Waals surface area (Å²) in [5, 5.41) is 0. The summed E-state index contributed by atoms with van der Waals surface area (Å²) in [5.41, 5.74) is 0.